The number of aryl methyl sites for hydroxylation is 1. The van der Waals surface area contributed by atoms with Crippen LogP contribution in [0.3, 0.4) is 0 Å². The Morgan fingerprint density at radius 2 is 1.94 bits per heavy atom. The van der Waals surface area contributed by atoms with Crippen LogP contribution >= 0.6 is 23.1 Å². The van der Waals surface area contributed by atoms with Crippen molar-refractivity contribution < 1.29 is 4.74 Å². The first-order valence-corrected chi connectivity index (χ1v) is 13.0. The lowest BCUT2D eigenvalue weighted by Gasteiger charge is -2.09. The molecule has 4 rings (SSSR count). The number of thioether (sulfide) groups is 1. The molecule has 5 nitrogen and oxygen atoms in total. The highest BCUT2D eigenvalue weighted by molar-refractivity contribution is 7.98. The molecule has 0 N–H and O–H groups in total. The fraction of sp³-hybridized carbons (Fsp3) is 0.269. The molecule has 0 amide bonds. The van der Waals surface area contributed by atoms with Gasteiger partial charge in [-0.15, -0.1) is 28.1 Å². The lowest BCUT2D eigenvalue weighted by molar-refractivity contribution is 0.309. The maximum Gasteiger partial charge on any atom is 0.192 e. The molecule has 7 heteroatoms. The molecule has 2 aromatic carbocycles. The fourth-order valence-corrected chi connectivity index (χ4v) is 5.24. The molecule has 0 fully saturated rings. The van der Waals surface area contributed by atoms with Crippen LogP contribution in [0.25, 0.3) is 22.0 Å². The third-order valence-electron chi connectivity index (χ3n) is 5.18. The number of hydrogen-bond acceptors (Lipinski definition) is 6. The van der Waals surface area contributed by atoms with Crippen LogP contribution in [0.5, 0.6) is 5.75 Å². The molecule has 0 aliphatic rings. The van der Waals surface area contributed by atoms with Gasteiger partial charge >= 0.3 is 0 Å². The molecule has 0 unspecified atom stereocenters. The predicted molar refractivity (Wildman–Crippen MR) is 138 cm³/mol. The van der Waals surface area contributed by atoms with Gasteiger partial charge in [0.05, 0.1) is 12.3 Å². The van der Waals surface area contributed by atoms with Crippen LogP contribution in [0.4, 0.5) is 0 Å². The third kappa shape index (κ3) is 5.72. The summed E-state index contributed by atoms with van der Waals surface area (Å²) in [6.45, 7) is 9.58. The predicted octanol–water partition coefficient (Wildman–Crippen LogP) is 7.03. The van der Waals surface area contributed by atoms with Crippen LogP contribution in [0.2, 0.25) is 0 Å². The van der Waals surface area contributed by atoms with E-state index in [1.54, 1.807) is 23.1 Å². The number of benzene rings is 2. The van der Waals surface area contributed by atoms with Gasteiger partial charge in [-0.2, -0.15) is 0 Å². The molecule has 0 radical (unpaired) electrons. The zero-order chi connectivity index (χ0) is 23.0. The van der Waals surface area contributed by atoms with Gasteiger partial charge in [0.2, 0.25) is 0 Å². The highest BCUT2D eigenvalue weighted by Crippen LogP contribution is 2.31. The third-order valence-corrected chi connectivity index (χ3v) is 7.11. The second-order valence-electron chi connectivity index (χ2n) is 7.68. The standard InChI is InChI=1S/C26H28N4OS2/c1-4-6-16-31-22-13-11-20(12-14-22)24-28-29-26(30(24)15-5-2)33-18-21-17-32-25(27-21)23-10-8-7-9-19(23)3/h5,7-14,17H,2,4,6,15-16,18H2,1,3H3. The molecule has 33 heavy (non-hydrogen) atoms. The number of allylic oxidation sites excluding steroid dienone is 1. The van der Waals surface area contributed by atoms with E-state index in [-0.39, 0.29) is 0 Å². The summed E-state index contributed by atoms with van der Waals surface area (Å²) in [6, 6.07) is 16.4. The smallest absolute Gasteiger partial charge is 0.192 e. The van der Waals surface area contributed by atoms with E-state index in [1.807, 2.05) is 30.3 Å². The van der Waals surface area contributed by atoms with E-state index in [4.69, 9.17) is 9.72 Å². The Labute approximate surface area is 203 Å². The normalized spacial score (nSPS) is 11.0. The van der Waals surface area contributed by atoms with Crippen molar-refractivity contribution in [2.45, 2.75) is 44.1 Å². The topological polar surface area (TPSA) is 52.8 Å². The van der Waals surface area contributed by atoms with Crippen molar-refractivity contribution in [1.82, 2.24) is 19.7 Å². The monoisotopic (exact) mass is 476 g/mol. The molecule has 170 valence electrons. The summed E-state index contributed by atoms with van der Waals surface area (Å²) in [4.78, 5) is 4.84. The molecular formula is C26H28N4OS2. The number of nitrogens with zero attached hydrogens (tertiary/aromatic N) is 4. The second kappa shape index (κ2) is 11.3. The summed E-state index contributed by atoms with van der Waals surface area (Å²) in [5.74, 6) is 2.45. The van der Waals surface area contributed by atoms with Gasteiger partial charge in [0.25, 0.3) is 0 Å². The Morgan fingerprint density at radius 1 is 1.12 bits per heavy atom. The van der Waals surface area contributed by atoms with Gasteiger partial charge in [0.15, 0.2) is 11.0 Å². The highest BCUT2D eigenvalue weighted by Gasteiger charge is 2.15. The van der Waals surface area contributed by atoms with Gasteiger partial charge in [0.1, 0.15) is 10.8 Å². The minimum Gasteiger partial charge on any atom is -0.494 e. The summed E-state index contributed by atoms with van der Waals surface area (Å²) >= 11 is 3.33. The molecule has 0 atom stereocenters. The molecular weight excluding hydrogens is 448 g/mol. The summed E-state index contributed by atoms with van der Waals surface area (Å²) in [6.07, 6.45) is 4.05. The maximum absolute atomic E-state index is 5.78. The summed E-state index contributed by atoms with van der Waals surface area (Å²) in [7, 11) is 0. The van der Waals surface area contributed by atoms with Crippen molar-refractivity contribution in [3.05, 3.63) is 77.8 Å². The van der Waals surface area contributed by atoms with E-state index in [2.05, 4.69) is 64.8 Å². The largest absolute Gasteiger partial charge is 0.494 e. The number of rotatable bonds is 11. The van der Waals surface area contributed by atoms with Gasteiger partial charge in [0, 0.05) is 28.8 Å². The van der Waals surface area contributed by atoms with Crippen molar-refractivity contribution in [2.24, 2.45) is 0 Å². The van der Waals surface area contributed by atoms with Crippen molar-refractivity contribution >= 4 is 23.1 Å². The minimum absolute atomic E-state index is 0.644. The van der Waals surface area contributed by atoms with E-state index in [1.165, 1.54) is 11.1 Å². The van der Waals surface area contributed by atoms with E-state index < -0.39 is 0 Å². The Bertz CT molecular complexity index is 1200. The first kappa shape index (κ1) is 23.3. The number of hydrogen-bond donors (Lipinski definition) is 0. The molecule has 0 bridgehead atoms. The van der Waals surface area contributed by atoms with E-state index >= 15 is 0 Å². The lowest BCUT2D eigenvalue weighted by Crippen LogP contribution is -2.01. The van der Waals surface area contributed by atoms with Crippen LogP contribution in [0.15, 0.2) is 71.7 Å². The van der Waals surface area contributed by atoms with Crippen molar-refractivity contribution in [1.29, 1.82) is 0 Å². The fourth-order valence-electron chi connectivity index (χ4n) is 3.39. The zero-order valence-electron chi connectivity index (χ0n) is 19.0. The number of unbranched alkanes of at least 4 members (excludes halogenated alkanes) is 1. The molecule has 0 spiro atoms. The summed E-state index contributed by atoms with van der Waals surface area (Å²) < 4.78 is 7.88. The highest BCUT2D eigenvalue weighted by atomic mass is 32.2. The van der Waals surface area contributed by atoms with Crippen molar-refractivity contribution in [3.8, 4) is 27.7 Å². The lowest BCUT2D eigenvalue weighted by atomic mass is 10.1. The molecule has 4 aromatic rings. The van der Waals surface area contributed by atoms with Crippen molar-refractivity contribution in [2.75, 3.05) is 6.61 Å². The molecule has 0 saturated heterocycles. The Hall–Kier alpha value is -2.90. The average Bonchev–Trinajstić information content (AvgIpc) is 3.46. The molecule has 0 aliphatic carbocycles. The first-order valence-electron chi connectivity index (χ1n) is 11.1. The summed E-state index contributed by atoms with van der Waals surface area (Å²) in [5.41, 5.74) is 4.49. The van der Waals surface area contributed by atoms with Crippen LogP contribution in [0.1, 0.15) is 31.0 Å². The average molecular weight is 477 g/mol. The minimum atomic E-state index is 0.644. The van der Waals surface area contributed by atoms with Crippen LogP contribution in [-0.2, 0) is 12.3 Å². The van der Waals surface area contributed by atoms with E-state index in [0.717, 1.165) is 58.2 Å². The van der Waals surface area contributed by atoms with Crippen molar-refractivity contribution in [3.63, 3.8) is 0 Å². The molecule has 0 saturated carbocycles. The van der Waals surface area contributed by atoms with Gasteiger partial charge in [-0.25, -0.2) is 4.98 Å². The zero-order valence-corrected chi connectivity index (χ0v) is 20.7. The van der Waals surface area contributed by atoms with Crippen LogP contribution < -0.4 is 4.74 Å². The van der Waals surface area contributed by atoms with Crippen LogP contribution in [0, 0.1) is 6.92 Å². The Kier molecular flexibility index (Phi) is 7.96. The molecule has 2 aromatic heterocycles. The van der Waals surface area contributed by atoms with E-state index in [0.29, 0.717) is 6.54 Å². The second-order valence-corrected chi connectivity index (χ2v) is 9.48. The molecule has 0 aliphatic heterocycles. The number of ether oxygens (including phenoxy) is 1. The Balaban J connectivity index is 1.47. The van der Waals surface area contributed by atoms with Gasteiger partial charge < -0.3 is 4.74 Å². The van der Waals surface area contributed by atoms with Gasteiger partial charge in [-0.05, 0) is 43.2 Å². The SMILES string of the molecule is C=CCn1c(SCc2csc(-c3ccccc3C)n2)nnc1-c1ccc(OCCCC)cc1. The quantitative estimate of drug-likeness (QED) is 0.132. The Morgan fingerprint density at radius 3 is 2.70 bits per heavy atom. The number of thiazole rings is 1. The van der Waals surface area contributed by atoms with Gasteiger partial charge in [-0.1, -0.05) is 55.4 Å². The summed E-state index contributed by atoms with van der Waals surface area (Å²) in [5, 5.41) is 13.0. The molecule has 2 heterocycles. The maximum atomic E-state index is 5.78. The first-order chi connectivity index (χ1) is 16.2. The van der Waals surface area contributed by atoms with Gasteiger partial charge in [-0.3, -0.25) is 4.57 Å². The number of aromatic nitrogens is 4. The van der Waals surface area contributed by atoms with E-state index in [9.17, 15) is 0 Å². The van der Waals surface area contributed by atoms with Crippen LogP contribution in [-0.4, -0.2) is 26.4 Å².